The summed E-state index contributed by atoms with van der Waals surface area (Å²) in [4.78, 5) is 14.8. The van der Waals surface area contributed by atoms with E-state index in [0.717, 1.165) is 15.6 Å². The smallest absolute Gasteiger partial charge is 0.222 e. The van der Waals surface area contributed by atoms with Crippen LogP contribution in [0.5, 0.6) is 0 Å². The van der Waals surface area contributed by atoms with Crippen molar-refractivity contribution in [1.29, 1.82) is 0 Å². The van der Waals surface area contributed by atoms with Crippen molar-refractivity contribution in [2.24, 2.45) is 0 Å². The molecule has 1 rings (SSSR count). The van der Waals surface area contributed by atoms with Crippen LogP contribution in [-0.2, 0) is 11.3 Å². The Labute approximate surface area is 111 Å². The van der Waals surface area contributed by atoms with Crippen LogP contribution in [0.15, 0.2) is 12.1 Å². The van der Waals surface area contributed by atoms with E-state index in [9.17, 15) is 4.79 Å². The van der Waals surface area contributed by atoms with Crippen LogP contribution in [0.4, 0.5) is 0 Å². The molecule has 1 aromatic heterocycles. The fourth-order valence-electron chi connectivity index (χ4n) is 1.55. The van der Waals surface area contributed by atoms with Crippen LogP contribution in [0.2, 0.25) is 4.34 Å². The molecule has 0 aromatic carbocycles. The summed E-state index contributed by atoms with van der Waals surface area (Å²) < 4.78 is 0.754. The van der Waals surface area contributed by atoms with E-state index >= 15 is 0 Å². The Hall–Kier alpha value is -0.580. The molecule has 1 aromatic rings. The lowest BCUT2D eigenvalue weighted by Gasteiger charge is -2.20. The van der Waals surface area contributed by atoms with Gasteiger partial charge in [-0.2, -0.15) is 0 Å². The maximum Gasteiger partial charge on any atom is 0.222 e. The lowest BCUT2D eigenvalue weighted by Crippen LogP contribution is -2.29. The van der Waals surface area contributed by atoms with Crippen LogP contribution in [0.1, 0.15) is 31.1 Å². The average molecular weight is 276 g/mol. The second-order valence-electron chi connectivity index (χ2n) is 3.79. The third-order valence-electron chi connectivity index (χ3n) is 2.51. The van der Waals surface area contributed by atoms with Gasteiger partial charge in [0.2, 0.25) is 5.91 Å². The highest BCUT2D eigenvalue weighted by atomic mass is 35.5. The predicted octanol–water partition coefficient (Wildman–Crippen LogP) is 2.91. The van der Waals surface area contributed by atoms with Gasteiger partial charge < -0.3 is 10.0 Å². The first kappa shape index (κ1) is 14.5. The second kappa shape index (κ2) is 7.69. The monoisotopic (exact) mass is 275 g/mol. The Morgan fingerprint density at radius 2 is 2.24 bits per heavy atom. The van der Waals surface area contributed by atoms with Crippen molar-refractivity contribution in [3.05, 3.63) is 21.3 Å². The van der Waals surface area contributed by atoms with Crippen LogP contribution >= 0.6 is 22.9 Å². The van der Waals surface area contributed by atoms with Gasteiger partial charge in [-0.3, -0.25) is 4.79 Å². The minimum Gasteiger partial charge on any atom is -0.396 e. The van der Waals surface area contributed by atoms with Crippen molar-refractivity contribution in [3.63, 3.8) is 0 Å². The van der Waals surface area contributed by atoms with Crippen molar-refractivity contribution in [2.45, 2.75) is 32.7 Å². The second-order valence-corrected chi connectivity index (χ2v) is 5.59. The number of nitrogens with zero attached hydrogens (tertiary/aromatic N) is 1. The SMILES string of the molecule is CCN(Cc1ccc(Cl)s1)C(=O)CCCCO. The van der Waals surface area contributed by atoms with E-state index in [-0.39, 0.29) is 12.5 Å². The average Bonchev–Trinajstić information content (AvgIpc) is 2.72. The summed E-state index contributed by atoms with van der Waals surface area (Å²) in [6, 6.07) is 3.81. The highest BCUT2D eigenvalue weighted by molar-refractivity contribution is 7.16. The number of hydrogen-bond donors (Lipinski definition) is 1. The van der Waals surface area contributed by atoms with Crippen molar-refractivity contribution >= 4 is 28.8 Å². The fraction of sp³-hybridized carbons (Fsp3) is 0.583. The topological polar surface area (TPSA) is 40.5 Å². The minimum absolute atomic E-state index is 0.144. The number of carbonyl (C=O) groups is 1. The van der Waals surface area contributed by atoms with Gasteiger partial charge in [0.1, 0.15) is 0 Å². The predicted molar refractivity (Wildman–Crippen MR) is 71.4 cm³/mol. The number of carbonyl (C=O) groups excluding carboxylic acids is 1. The summed E-state index contributed by atoms with van der Waals surface area (Å²) in [5, 5.41) is 8.68. The van der Waals surface area contributed by atoms with Gasteiger partial charge in [-0.1, -0.05) is 11.6 Å². The number of halogens is 1. The molecule has 0 aliphatic carbocycles. The van der Waals surface area contributed by atoms with E-state index < -0.39 is 0 Å². The highest BCUT2D eigenvalue weighted by Crippen LogP contribution is 2.22. The molecule has 1 heterocycles. The molecule has 0 saturated heterocycles. The van der Waals surface area contributed by atoms with Crippen LogP contribution in [-0.4, -0.2) is 29.1 Å². The van der Waals surface area contributed by atoms with Gasteiger partial charge in [-0.05, 0) is 31.9 Å². The third kappa shape index (κ3) is 5.06. The van der Waals surface area contributed by atoms with E-state index in [2.05, 4.69) is 0 Å². The zero-order valence-electron chi connectivity index (χ0n) is 9.99. The molecule has 0 bridgehead atoms. The summed E-state index contributed by atoms with van der Waals surface area (Å²) in [6.07, 6.45) is 1.94. The molecule has 0 aliphatic rings. The van der Waals surface area contributed by atoms with E-state index in [1.165, 1.54) is 11.3 Å². The molecule has 96 valence electrons. The molecular formula is C12H18ClNO2S. The molecule has 0 spiro atoms. The molecular weight excluding hydrogens is 258 g/mol. The Balaban J connectivity index is 2.44. The first-order valence-electron chi connectivity index (χ1n) is 5.80. The number of rotatable bonds is 7. The summed E-state index contributed by atoms with van der Waals surface area (Å²) in [5.74, 6) is 0.144. The van der Waals surface area contributed by atoms with Gasteiger partial charge in [0.25, 0.3) is 0 Å². The minimum atomic E-state index is 0.144. The van der Waals surface area contributed by atoms with Gasteiger partial charge in [0, 0.05) is 24.4 Å². The Morgan fingerprint density at radius 3 is 2.76 bits per heavy atom. The number of hydrogen-bond acceptors (Lipinski definition) is 3. The van der Waals surface area contributed by atoms with E-state index in [4.69, 9.17) is 16.7 Å². The van der Waals surface area contributed by atoms with Crippen LogP contribution < -0.4 is 0 Å². The van der Waals surface area contributed by atoms with Gasteiger partial charge in [0.15, 0.2) is 0 Å². The van der Waals surface area contributed by atoms with Gasteiger partial charge >= 0.3 is 0 Å². The largest absolute Gasteiger partial charge is 0.396 e. The van der Waals surface area contributed by atoms with E-state index in [0.29, 0.717) is 25.9 Å². The lowest BCUT2D eigenvalue weighted by molar-refractivity contribution is -0.131. The number of thiophene rings is 1. The molecule has 1 amide bonds. The summed E-state index contributed by atoms with van der Waals surface area (Å²) in [6.45, 7) is 3.46. The standard InChI is InChI=1S/C12H18ClNO2S/c1-2-14(12(16)5-3-4-8-15)9-10-6-7-11(13)17-10/h6-7,15H,2-5,8-9H2,1H3. The summed E-state index contributed by atoms with van der Waals surface area (Å²) in [7, 11) is 0. The van der Waals surface area contributed by atoms with Crippen LogP contribution in [0, 0.1) is 0 Å². The number of aliphatic hydroxyl groups excluding tert-OH is 1. The number of amides is 1. The van der Waals surface area contributed by atoms with Crippen molar-refractivity contribution < 1.29 is 9.90 Å². The third-order valence-corrected chi connectivity index (χ3v) is 3.72. The molecule has 17 heavy (non-hydrogen) atoms. The fourth-order valence-corrected chi connectivity index (χ4v) is 2.65. The lowest BCUT2D eigenvalue weighted by atomic mass is 10.2. The van der Waals surface area contributed by atoms with Crippen molar-refractivity contribution in [3.8, 4) is 0 Å². The zero-order valence-corrected chi connectivity index (χ0v) is 11.6. The van der Waals surface area contributed by atoms with Crippen molar-refractivity contribution in [2.75, 3.05) is 13.2 Å². The van der Waals surface area contributed by atoms with Crippen LogP contribution in [0.25, 0.3) is 0 Å². The van der Waals surface area contributed by atoms with Gasteiger partial charge in [-0.15, -0.1) is 11.3 Å². The molecule has 0 atom stereocenters. The molecule has 3 nitrogen and oxygen atoms in total. The Kier molecular flexibility index (Phi) is 6.55. The number of unbranched alkanes of at least 4 members (excludes halogenated alkanes) is 1. The maximum atomic E-state index is 11.9. The maximum absolute atomic E-state index is 11.9. The van der Waals surface area contributed by atoms with Crippen LogP contribution in [0.3, 0.4) is 0 Å². The quantitative estimate of drug-likeness (QED) is 0.778. The Morgan fingerprint density at radius 1 is 1.47 bits per heavy atom. The normalized spacial score (nSPS) is 10.5. The molecule has 0 aliphatic heterocycles. The summed E-state index contributed by atoms with van der Waals surface area (Å²) in [5.41, 5.74) is 0. The highest BCUT2D eigenvalue weighted by Gasteiger charge is 2.12. The van der Waals surface area contributed by atoms with E-state index in [1.54, 1.807) is 0 Å². The zero-order chi connectivity index (χ0) is 12.7. The van der Waals surface area contributed by atoms with Gasteiger partial charge in [-0.25, -0.2) is 0 Å². The van der Waals surface area contributed by atoms with E-state index in [1.807, 2.05) is 24.0 Å². The molecule has 1 N–H and O–H groups in total. The van der Waals surface area contributed by atoms with Gasteiger partial charge in [0.05, 0.1) is 10.9 Å². The first-order valence-corrected chi connectivity index (χ1v) is 6.99. The molecule has 0 fully saturated rings. The Bertz CT molecular complexity index is 354. The van der Waals surface area contributed by atoms with Crippen molar-refractivity contribution in [1.82, 2.24) is 4.90 Å². The molecule has 0 saturated carbocycles. The molecule has 5 heteroatoms. The molecule has 0 unspecified atom stereocenters. The first-order chi connectivity index (χ1) is 8.17. The number of aliphatic hydroxyl groups is 1. The summed E-state index contributed by atoms with van der Waals surface area (Å²) >= 11 is 7.37. The molecule has 0 radical (unpaired) electrons.